The molecule has 0 amide bonds. The zero-order valence-corrected chi connectivity index (χ0v) is 12.5. The Morgan fingerprint density at radius 2 is 2.00 bits per heavy atom. The number of benzene rings is 1. The Bertz CT molecular complexity index is 806. The van der Waals surface area contributed by atoms with Crippen molar-refractivity contribution in [2.24, 2.45) is 0 Å². The Morgan fingerprint density at radius 1 is 1.33 bits per heavy atom. The summed E-state index contributed by atoms with van der Waals surface area (Å²) >= 11 is 5.63. The van der Waals surface area contributed by atoms with E-state index in [0.29, 0.717) is 5.56 Å². The summed E-state index contributed by atoms with van der Waals surface area (Å²) in [6.07, 6.45) is 0.975. The van der Waals surface area contributed by atoms with Crippen molar-refractivity contribution in [2.75, 3.05) is 0 Å². The molecule has 0 spiro atoms. The van der Waals surface area contributed by atoms with E-state index in [9.17, 15) is 13.2 Å². The van der Waals surface area contributed by atoms with E-state index in [2.05, 4.69) is 9.97 Å². The number of sulfone groups is 1. The number of aromatic carboxylic acids is 1. The molecule has 0 saturated carbocycles. The SMILES string of the molecule is Cc1ccccc1CS(=O)(=O)c1ncc(Cl)c(C(=O)O)n1. The fourth-order valence-electron chi connectivity index (χ4n) is 1.69. The molecular formula is C13H11ClN2O4S. The number of carbonyl (C=O) groups is 1. The molecule has 0 saturated heterocycles. The molecule has 1 N–H and O–H groups in total. The Morgan fingerprint density at radius 3 is 2.62 bits per heavy atom. The van der Waals surface area contributed by atoms with Crippen LogP contribution in [0.25, 0.3) is 0 Å². The molecular weight excluding hydrogens is 316 g/mol. The van der Waals surface area contributed by atoms with Crippen molar-refractivity contribution in [3.63, 3.8) is 0 Å². The summed E-state index contributed by atoms with van der Waals surface area (Å²) in [6, 6.07) is 6.99. The molecule has 21 heavy (non-hydrogen) atoms. The smallest absolute Gasteiger partial charge is 0.356 e. The number of nitrogens with zero attached hydrogens (tertiary/aromatic N) is 2. The summed E-state index contributed by atoms with van der Waals surface area (Å²) < 4.78 is 24.6. The molecule has 0 unspecified atom stereocenters. The van der Waals surface area contributed by atoms with E-state index in [0.717, 1.165) is 11.8 Å². The van der Waals surface area contributed by atoms with Crippen molar-refractivity contribution in [3.05, 3.63) is 52.3 Å². The van der Waals surface area contributed by atoms with Crippen LogP contribution in [0.4, 0.5) is 0 Å². The summed E-state index contributed by atoms with van der Waals surface area (Å²) in [7, 11) is -3.85. The number of hydrogen-bond acceptors (Lipinski definition) is 5. The maximum Gasteiger partial charge on any atom is 0.356 e. The lowest BCUT2D eigenvalue weighted by atomic mass is 10.1. The van der Waals surface area contributed by atoms with Crippen LogP contribution in [0.3, 0.4) is 0 Å². The molecule has 6 nitrogen and oxygen atoms in total. The second-order valence-corrected chi connectivity index (χ2v) is 6.63. The molecule has 0 bridgehead atoms. The minimum absolute atomic E-state index is 0.211. The minimum atomic E-state index is -3.85. The van der Waals surface area contributed by atoms with Crippen LogP contribution < -0.4 is 0 Å². The second-order valence-electron chi connectivity index (χ2n) is 4.34. The van der Waals surface area contributed by atoms with Gasteiger partial charge in [0.1, 0.15) is 0 Å². The van der Waals surface area contributed by atoms with Crippen molar-refractivity contribution in [1.82, 2.24) is 9.97 Å². The predicted molar refractivity (Wildman–Crippen MR) is 76.1 cm³/mol. The second kappa shape index (κ2) is 5.79. The number of carboxylic acids is 1. The third-order valence-corrected chi connectivity index (χ3v) is 4.53. The van der Waals surface area contributed by atoms with Gasteiger partial charge in [0.2, 0.25) is 15.0 Å². The zero-order chi connectivity index (χ0) is 15.6. The van der Waals surface area contributed by atoms with Crippen molar-refractivity contribution < 1.29 is 18.3 Å². The van der Waals surface area contributed by atoms with E-state index >= 15 is 0 Å². The Labute approximate surface area is 126 Å². The standard InChI is InChI=1S/C13H11ClN2O4S/c1-8-4-2-3-5-9(8)7-21(19,20)13-15-6-10(14)11(16-13)12(17)18/h2-6H,7H2,1H3,(H,17,18). The van der Waals surface area contributed by atoms with Crippen LogP contribution in [0.1, 0.15) is 21.6 Å². The molecule has 0 fully saturated rings. The first kappa shape index (κ1) is 15.4. The molecule has 0 aliphatic heterocycles. The summed E-state index contributed by atoms with van der Waals surface area (Å²) in [5.74, 6) is -1.71. The molecule has 110 valence electrons. The van der Waals surface area contributed by atoms with Gasteiger partial charge >= 0.3 is 5.97 Å². The largest absolute Gasteiger partial charge is 0.476 e. The third kappa shape index (κ3) is 3.37. The zero-order valence-electron chi connectivity index (χ0n) is 10.9. The Balaban J connectivity index is 2.43. The lowest BCUT2D eigenvalue weighted by molar-refractivity contribution is 0.0689. The van der Waals surface area contributed by atoms with Gasteiger partial charge in [0.25, 0.3) is 0 Å². The van der Waals surface area contributed by atoms with Gasteiger partial charge in [-0.3, -0.25) is 0 Å². The molecule has 1 heterocycles. The number of halogens is 1. The van der Waals surface area contributed by atoms with Crippen LogP contribution >= 0.6 is 11.6 Å². The first-order valence-electron chi connectivity index (χ1n) is 5.84. The molecule has 1 aromatic heterocycles. The number of rotatable bonds is 4. The van der Waals surface area contributed by atoms with Crippen LogP contribution in [0.2, 0.25) is 5.02 Å². The Kier molecular flexibility index (Phi) is 4.24. The van der Waals surface area contributed by atoms with Crippen LogP contribution in [-0.4, -0.2) is 29.5 Å². The first-order valence-corrected chi connectivity index (χ1v) is 7.87. The average molecular weight is 327 g/mol. The Hall–Kier alpha value is -1.99. The molecule has 2 rings (SSSR count). The molecule has 0 radical (unpaired) electrons. The summed E-state index contributed by atoms with van der Waals surface area (Å²) in [5, 5.41) is 8.16. The number of aromatic nitrogens is 2. The number of carboxylic acid groups (broad SMARTS) is 1. The average Bonchev–Trinajstić information content (AvgIpc) is 2.41. The third-order valence-electron chi connectivity index (χ3n) is 2.81. The van der Waals surface area contributed by atoms with Gasteiger partial charge in [-0.15, -0.1) is 0 Å². The van der Waals surface area contributed by atoms with Crippen LogP contribution in [0, 0.1) is 6.92 Å². The fraction of sp³-hybridized carbons (Fsp3) is 0.154. The predicted octanol–water partition coefficient (Wildman–Crippen LogP) is 2.11. The molecule has 0 aliphatic carbocycles. The van der Waals surface area contributed by atoms with Crippen LogP contribution in [0.15, 0.2) is 35.6 Å². The van der Waals surface area contributed by atoms with E-state index in [1.54, 1.807) is 31.2 Å². The summed E-state index contributed by atoms with van der Waals surface area (Å²) in [6.45, 7) is 1.79. The molecule has 2 aromatic rings. The van der Waals surface area contributed by atoms with Gasteiger partial charge in [0.15, 0.2) is 5.69 Å². The van der Waals surface area contributed by atoms with Gasteiger partial charge < -0.3 is 5.11 Å². The minimum Gasteiger partial charge on any atom is -0.476 e. The molecule has 1 aromatic carbocycles. The maximum atomic E-state index is 12.3. The van der Waals surface area contributed by atoms with E-state index in [4.69, 9.17) is 16.7 Å². The highest BCUT2D eigenvalue weighted by molar-refractivity contribution is 7.90. The topological polar surface area (TPSA) is 97.2 Å². The van der Waals surface area contributed by atoms with Crippen molar-refractivity contribution in [2.45, 2.75) is 17.8 Å². The van der Waals surface area contributed by atoms with Gasteiger partial charge in [0.05, 0.1) is 17.0 Å². The summed E-state index contributed by atoms with van der Waals surface area (Å²) in [4.78, 5) is 18.1. The number of hydrogen-bond donors (Lipinski definition) is 1. The van der Waals surface area contributed by atoms with Gasteiger partial charge in [-0.05, 0) is 18.1 Å². The van der Waals surface area contributed by atoms with Gasteiger partial charge in [-0.25, -0.2) is 23.2 Å². The van der Waals surface area contributed by atoms with E-state index in [1.807, 2.05) is 0 Å². The maximum absolute atomic E-state index is 12.3. The molecule has 8 heteroatoms. The lowest BCUT2D eigenvalue weighted by Gasteiger charge is -2.07. The van der Waals surface area contributed by atoms with E-state index in [-0.39, 0.29) is 10.8 Å². The monoisotopic (exact) mass is 326 g/mol. The van der Waals surface area contributed by atoms with Crippen molar-refractivity contribution in [3.8, 4) is 0 Å². The van der Waals surface area contributed by atoms with Crippen LogP contribution in [-0.2, 0) is 15.6 Å². The van der Waals surface area contributed by atoms with Gasteiger partial charge in [-0.1, -0.05) is 35.9 Å². The molecule has 0 aliphatic rings. The first-order chi connectivity index (χ1) is 9.81. The highest BCUT2D eigenvalue weighted by Gasteiger charge is 2.23. The van der Waals surface area contributed by atoms with Gasteiger partial charge in [-0.2, -0.15) is 0 Å². The highest BCUT2D eigenvalue weighted by atomic mass is 35.5. The van der Waals surface area contributed by atoms with Gasteiger partial charge in [0, 0.05) is 0 Å². The van der Waals surface area contributed by atoms with E-state index < -0.39 is 26.7 Å². The van der Waals surface area contributed by atoms with Crippen LogP contribution in [0.5, 0.6) is 0 Å². The normalized spacial score (nSPS) is 11.3. The van der Waals surface area contributed by atoms with Crippen molar-refractivity contribution >= 4 is 27.4 Å². The highest BCUT2D eigenvalue weighted by Crippen LogP contribution is 2.19. The quantitative estimate of drug-likeness (QED) is 0.864. The summed E-state index contributed by atoms with van der Waals surface area (Å²) in [5.41, 5.74) is 0.886. The lowest BCUT2D eigenvalue weighted by Crippen LogP contribution is -2.13. The van der Waals surface area contributed by atoms with Crippen molar-refractivity contribution in [1.29, 1.82) is 0 Å². The fourth-order valence-corrected chi connectivity index (χ4v) is 3.17. The number of aryl methyl sites for hydroxylation is 1. The van der Waals surface area contributed by atoms with E-state index in [1.165, 1.54) is 0 Å². The molecule has 0 atom stereocenters.